The Morgan fingerprint density at radius 3 is 1.78 bits per heavy atom. The molecule has 108 valence electrons. The zero-order valence-electron chi connectivity index (χ0n) is 11.4. The van der Waals surface area contributed by atoms with Crippen molar-refractivity contribution in [2.45, 2.75) is 0 Å². The molecule has 0 radical (unpaired) electrons. The first-order valence-electron chi connectivity index (χ1n) is 7.04. The molecular weight excluding hydrogens is 230 g/mol. The molecule has 0 bridgehead atoms. The zero-order chi connectivity index (χ0) is 13.1. The average Bonchev–Trinajstić information content (AvgIpc) is 2.41. The summed E-state index contributed by atoms with van der Waals surface area (Å²) in [6.45, 7) is 11.4. The molecule has 1 aliphatic heterocycles. The van der Waals surface area contributed by atoms with Crippen molar-refractivity contribution in [3.63, 3.8) is 0 Å². The third-order valence-corrected chi connectivity index (χ3v) is 3.28. The predicted molar refractivity (Wildman–Crippen MR) is 74.8 cm³/mol. The van der Waals surface area contributed by atoms with Crippen LogP contribution in [-0.4, -0.2) is 93.5 Å². The van der Waals surface area contributed by atoms with Crippen LogP contribution in [0.2, 0.25) is 0 Å². The van der Waals surface area contributed by atoms with Crippen molar-refractivity contribution in [2.75, 3.05) is 78.6 Å². The van der Waals surface area contributed by atoms with Crippen LogP contribution in [0.5, 0.6) is 0 Å². The fourth-order valence-corrected chi connectivity index (χ4v) is 2.14. The van der Waals surface area contributed by atoms with Gasteiger partial charge in [-0.15, -0.1) is 0 Å². The fraction of sp³-hybridized carbons (Fsp3) is 1.00. The second-order valence-corrected chi connectivity index (χ2v) is 4.70. The van der Waals surface area contributed by atoms with Crippen LogP contribution < -0.4 is 16.4 Å². The minimum absolute atomic E-state index is 0.226. The maximum absolute atomic E-state index is 8.66. The number of hydrogen-bond acceptors (Lipinski definition) is 6. The Labute approximate surface area is 111 Å². The molecule has 1 fully saturated rings. The summed E-state index contributed by atoms with van der Waals surface area (Å²) in [6, 6.07) is 0. The summed E-state index contributed by atoms with van der Waals surface area (Å²) in [7, 11) is 0. The van der Waals surface area contributed by atoms with Crippen molar-refractivity contribution in [1.29, 1.82) is 0 Å². The molecule has 6 nitrogen and oxygen atoms in total. The first-order chi connectivity index (χ1) is 8.86. The lowest BCUT2D eigenvalue weighted by molar-refractivity contribution is 0.133. The monoisotopic (exact) mass is 259 g/mol. The minimum Gasteiger partial charge on any atom is -0.395 e. The average molecular weight is 259 g/mol. The quantitative estimate of drug-likeness (QED) is 0.332. The van der Waals surface area contributed by atoms with Crippen LogP contribution >= 0.6 is 0 Å². The van der Waals surface area contributed by atoms with Gasteiger partial charge in [-0.25, -0.2) is 0 Å². The number of nitrogens with zero attached hydrogens (tertiary/aromatic N) is 2. The molecule has 0 amide bonds. The maximum atomic E-state index is 8.66. The lowest BCUT2D eigenvalue weighted by atomic mass is 10.3. The van der Waals surface area contributed by atoms with E-state index in [4.69, 9.17) is 10.8 Å². The van der Waals surface area contributed by atoms with Gasteiger partial charge < -0.3 is 21.5 Å². The van der Waals surface area contributed by atoms with Crippen LogP contribution in [0.4, 0.5) is 0 Å². The van der Waals surface area contributed by atoms with Crippen LogP contribution in [-0.2, 0) is 0 Å². The molecule has 1 saturated heterocycles. The van der Waals surface area contributed by atoms with E-state index in [-0.39, 0.29) is 6.61 Å². The van der Waals surface area contributed by atoms with Gasteiger partial charge in [0.15, 0.2) is 0 Å². The molecule has 0 unspecified atom stereocenters. The molecule has 5 N–H and O–H groups in total. The van der Waals surface area contributed by atoms with Crippen molar-refractivity contribution in [3.05, 3.63) is 0 Å². The van der Waals surface area contributed by atoms with Gasteiger partial charge in [0.05, 0.1) is 6.61 Å². The second-order valence-electron chi connectivity index (χ2n) is 4.70. The number of nitrogens with one attached hydrogen (secondary N) is 2. The number of aliphatic hydroxyl groups is 1. The first-order valence-corrected chi connectivity index (χ1v) is 7.04. The van der Waals surface area contributed by atoms with E-state index >= 15 is 0 Å². The molecule has 0 atom stereocenters. The van der Waals surface area contributed by atoms with Crippen LogP contribution in [0.1, 0.15) is 0 Å². The van der Waals surface area contributed by atoms with E-state index in [1.54, 1.807) is 0 Å². The molecule has 0 spiro atoms. The first kappa shape index (κ1) is 15.8. The smallest absolute Gasteiger partial charge is 0.0555 e. The third kappa shape index (κ3) is 7.25. The normalized spacial score (nSPS) is 18.3. The van der Waals surface area contributed by atoms with Crippen molar-refractivity contribution >= 4 is 0 Å². The molecule has 0 aromatic rings. The molecule has 0 aromatic heterocycles. The van der Waals surface area contributed by atoms with Gasteiger partial charge in [-0.2, -0.15) is 0 Å². The molecule has 0 aliphatic carbocycles. The Morgan fingerprint density at radius 1 is 0.833 bits per heavy atom. The summed E-state index contributed by atoms with van der Waals surface area (Å²) in [6.07, 6.45) is 0. The number of rotatable bonds is 10. The summed E-state index contributed by atoms with van der Waals surface area (Å²) < 4.78 is 0. The zero-order valence-corrected chi connectivity index (χ0v) is 11.4. The molecule has 0 aromatic carbocycles. The van der Waals surface area contributed by atoms with E-state index in [0.29, 0.717) is 13.1 Å². The van der Waals surface area contributed by atoms with E-state index in [1.807, 2.05) is 0 Å². The predicted octanol–water partition coefficient (Wildman–Crippen LogP) is -2.27. The Bertz CT molecular complexity index is 165. The van der Waals surface area contributed by atoms with Gasteiger partial charge >= 0.3 is 0 Å². The van der Waals surface area contributed by atoms with Crippen molar-refractivity contribution in [1.82, 2.24) is 20.4 Å². The summed E-state index contributed by atoms with van der Waals surface area (Å²) in [5.74, 6) is 0. The number of piperazine rings is 1. The highest BCUT2D eigenvalue weighted by molar-refractivity contribution is 4.73. The van der Waals surface area contributed by atoms with E-state index < -0.39 is 0 Å². The molecule has 1 heterocycles. The van der Waals surface area contributed by atoms with Crippen molar-refractivity contribution in [3.8, 4) is 0 Å². The van der Waals surface area contributed by atoms with Gasteiger partial charge in [-0.1, -0.05) is 0 Å². The number of hydrogen-bond donors (Lipinski definition) is 4. The third-order valence-electron chi connectivity index (χ3n) is 3.28. The number of nitrogens with two attached hydrogens (primary N) is 1. The second kappa shape index (κ2) is 10.7. The van der Waals surface area contributed by atoms with Crippen molar-refractivity contribution in [2.24, 2.45) is 5.73 Å². The minimum atomic E-state index is 0.226. The Balaban J connectivity index is 1.95. The van der Waals surface area contributed by atoms with Crippen molar-refractivity contribution < 1.29 is 5.11 Å². The lowest BCUT2D eigenvalue weighted by Crippen LogP contribution is -2.49. The van der Waals surface area contributed by atoms with Gasteiger partial charge in [0.1, 0.15) is 0 Å². The summed E-state index contributed by atoms with van der Waals surface area (Å²) in [5, 5.41) is 15.2. The summed E-state index contributed by atoms with van der Waals surface area (Å²) in [5.41, 5.74) is 5.43. The Hall–Kier alpha value is -0.240. The van der Waals surface area contributed by atoms with E-state index in [0.717, 1.165) is 58.9 Å². The van der Waals surface area contributed by atoms with Gasteiger partial charge in [0.25, 0.3) is 0 Å². The molecule has 6 heteroatoms. The highest BCUT2D eigenvalue weighted by Gasteiger charge is 2.15. The molecule has 1 rings (SSSR count). The van der Waals surface area contributed by atoms with Gasteiger partial charge in [-0.05, 0) is 0 Å². The maximum Gasteiger partial charge on any atom is 0.0555 e. The lowest BCUT2D eigenvalue weighted by Gasteiger charge is -2.34. The van der Waals surface area contributed by atoms with Gasteiger partial charge in [0, 0.05) is 72.0 Å². The Kier molecular flexibility index (Phi) is 9.37. The largest absolute Gasteiger partial charge is 0.395 e. The highest BCUT2D eigenvalue weighted by atomic mass is 16.3. The Morgan fingerprint density at radius 2 is 1.33 bits per heavy atom. The molecule has 0 saturated carbocycles. The highest BCUT2D eigenvalue weighted by Crippen LogP contribution is 1.99. The summed E-state index contributed by atoms with van der Waals surface area (Å²) >= 11 is 0. The summed E-state index contributed by atoms with van der Waals surface area (Å²) in [4.78, 5) is 4.98. The van der Waals surface area contributed by atoms with Crippen LogP contribution in [0.15, 0.2) is 0 Å². The van der Waals surface area contributed by atoms with E-state index in [1.165, 1.54) is 0 Å². The van der Waals surface area contributed by atoms with E-state index in [9.17, 15) is 0 Å². The SMILES string of the molecule is NCCNCCN1CCN(CCNCCO)CC1. The molecule has 1 aliphatic rings. The molecular formula is C12H29N5O. The van der Waals surface area contributed by atoms with Crippen LogP contribution in [0.3, 0.4) is 0 Å². The van der Waals surface area contributed by atoms with Gasteiger partial charge in [0.2, 0.25) is 0 Å². The van der Waals surface area contributed by atoms with Gasteiger partial charge in [-0.3, -0.25) is 9.80 Å². The number of aliphatic hydroxyl groups excluding tert-OH is 1. The van der Waals surface area contributed by atoms with Crippen LogP contribution in [0, 0.1) is 0 Å². The molecule has 18 heavy (non-hydrogen) atoms. The standard InChI is InChI=1S/C12H29N5O/c13-1-2-14-3-6-16-8-10-17(11-9-16)7-4-15-5-12-18/h14-15,18H,1-13H2. The van der Waals surface area contributed by atoms with E-state index in [2.05, 4.69) is 20.4 Å². The fourth-order valence-electron chi connectivity index (χ4n) is 2.14. The van der Waals surface area contributed by atoms with Crippen LogP contribution in [0.25, 0.3) is 0 Å². The topological polar surface area (TPSA) is 76.8 Å².